The minimum Gasteiger partial charge on any atom is -0.281 e. The lowest BCUT2D eigenvalue weighted by molar-refractivity contribution is 0.485. The number of fused-ring (bicyclic) bond motifs is 6. The largest absolute Gasteiger partial charge is 0.304 e. The highest BCUT2D eigenvalue weighted by molar-refractivity contribution is 7.88. The molecular formula is C39H36N4O3S3. The Kier molecular flexibility index (Phi) is 8.35. The first-order valence-electron chi connectivity index (χ1n) is 16.5. The van der Waals surface area contributed by atoms with Crippen LogP contribution in [0, 0.1) is 13.8 Å². The molecule has 10 heteroatoms. The summed E-state index contributed by atoms with van der Waals surface area (Å²) in [5.41, 5.74) is 13.6. The molecule has 0 atom stereocenters. The number of allylic oxidation sites excluding steroid dienone is 2. The highest BCUT2D eigenvalue weighted by Crippen LogP contribution is 2.45. The van der Waals surface area contributed by atoms with E-state index < -0.39 is 10.1 Å². The molecule has 0 unspecified atom stereocenters. The normalized spacial score (nSPS) is 13.4. The Morgan fingerprint density at radius 1 is 0.755 bits per heavy atom. The maximum atomic E-state index is 11.9. The number of rotatable bonds is 11. The molecule has 0 saturated carbocycles. The Balaban J connectivity index is 0.960. The summed E-state index contributed by atoms with van der Waals surface area (Å²) in [6, 6.07) is 20.9. The molecule has 0 aliphatic heterocycles. The van der Waals surface area contributed by atoms with Crippen molar-refractivity contribution in [3.63, 3.8) is 0 Å². The molecule has 0 spiro atoms. The third-order valence-corrected chi connectivity index (χ3v) is 12.7. The first-order valence-corrected chi connectivity index (χ1v) is 19.7. The van der Waals surface area contributed by atoms with Crippen molar-refractivity contribution in [1.29, 1.82) is 0 Å². The number of unbranched alkanes of at least 4 members (excludes halogenated alkanes) is 2. The van der Waals surface area contributed by atoms with Gasteiger partial charge in [-0.05, 0) is 73.9 Å². The van der Waals surface area contributed by atoms with Gasteiger partial charge in [-0.2, -0.15) is 18.6 Å². The molecule has 0 bridgehead atoms. The minimum atomic E-state index is -4.26. The van der Waals surface area contributed by atoms with Gasteiger partial charge in [-0.15, -0.1) is 22.7 Å². The zero-order valence-electron chi connectivity index (χ0n) is 27.4. The average Bonchev–Trinajstić information content (AvgIpc) is 3.89. The van der Waals surface area contributed by atoms with E-state index in [1.807, 2.05) is 16.0 Å². The number of nitrogens with zero attached hydrogens (tertiary/aromatic N) is 4. The molecule has 8 rings (SSSR count). The van der Waals surface area contributed by atoms with Crippen molar-refractivity contribution in [2.45, 2.75) is 63.3 Å². The first-order chi connectivity index (χ1) is 23.7. The SMILES string of the molecule is Cc1ccc(Cn2nc(C=CCCCC=Cc3nn(Cc4ccc(C)cc4)c4c3Cc3sc(S(=O)(=O)O)cc3-4)c3c2-c2ccsc2C3)cc1. The summed E-state index contributed by atoms with van der Waals surface area (Å²) in [5, 5.41) is 12.2. The van der Waals surface area contributed by atoms with E-state index in [0.717, 1.165) is 82.2 Å². The second-order valence-electron chi connectivity index (χ2n) is 12.9. The summed E-state index contributed by atoms with van der Waals surface area (Å²) in [7, 11) is -4.26. The molecular weight excluding hydrogens is 669 g/mol. The van der Waals surface area contributed by atoms with Crippen LogP contribution in [0.4, 0.5) is 0 Å². The smallest absolute Gasteiger partial charge is 0.281 e. The molecule has 7 nitrogen and oxygen atoms in total. The van der Waals surface area contributed by atoms with Gasteiger partial charge in [0.05, 0.1) is 35.9 Å². The highest BCUT2D eigenvalue weighted by Gasteiger charge is 2.31. The lowest BCUT2D eigenvalue weighted by Gasteiger charge is -2.07. The third-order valence-electron chi connectivity index (χ3n) is 9.33. The molecule has 0 fully saturated rings. The first kappa shape index (κ1) is 31.9. The summed E-state index contributed by atoms with van der Waals surface area (Å²) in [6.45, 7) is 5.52. The zero-order valence-corrected chi connectivity index (χ0v) is 29.8. The summed E-state index contributed by atoms with van der Waals surface area (Å²) in [6.07, 6.45) is 13.2. The van der Waals surface area contributed by atoms with Crippen molar-refractivity contribution < 1.29 is 13.0 Å². The Hall–Kier alpha value is -4.35. The van der Waals surface area contributed by atoms with Crippen LogP contribution in [0.15, 0.2) is 82.4 Å². The standard InChI is InChI=1S/C39H36N4O3S3/c1-25-10-14-27(15-11-25)23-42-38-29-18-19-47-35(29)20-30(38)33(40-42)8-6-4-3-5-7-9-34-31-21-36-32(22-37(48-36)49(44,45)46)39(31)43(41-34)24-28-16-12-26(2)13-17-28/h6-19,22H,3-5,20-21,23-24H2,1-2H3,(H,44,45,46). The van der Waals surface area contributed by atoms with Crippen molar-refractivity contribution in [3.8, 4) is 22.5 Å². The lowest BCUT2D eigenvalue weighted by atomic mass is 10.1. The lowest BCUT2D eigenvalue weighted by Crippen LogP contribution is -2.04. The van der Waals surface area contributed by atoms with Crippen LogP contribution in [0.1, 0.15) is 73.8 Å². The maximum Gasteiger partial charge on any atom is 0.304 e. The number of aryl methyl sites for hydroxylation is 2. The van der Waals surface area contributed by atoms with Crippen molar-refractivity contribution in [2.24, 2.45) is 0 Å². The highest BCUT2D eigenvalue weighted by atomic mass is 32.3. The van der Waals surface area contributed by atoms with Gasteiger partial charge < -0.3 is 0 Å². The maximum absolute atomic E-state index is 11.9. The van der Waals surface area contributed by atoms with Crippen molar-refractivity contribution in [3.05, 3.63) is 133 Å². The molecule has 4 heterocycles. The van der Waals surface area contributed by atoms with E-state index in [0.29, 0.717) is 13.0 Å². The van der Waals surface area contributed by atoms with Crippen LogP contribution in [0.25, 0.3) is 34.7 Å². The van der Waals surface area contributed by atoms with Gasteiger partial charge >= 0.3 is 10.1 Å². The van der Waals surface area contributed by atoms with E-state index in [1.165, 1.54) is 38.4 Å². The van der Waals surface area contributed by atoms with Gasteiger partial charge in [0.1, 0.15) is 4.21 Å². The molecule has 2 aliphatic rings. The summed E-state index contributed by atoms with van der Waals surface area (Å²) in [5.74, 6) is 0. The summed E-state index contributed by atoms with van der Waals surface area (Å²) in [4.78, 5) is 2.37. The molecule has 0 amide bonds. The van der Waals surface area contributed by atoms with E-state index in [4.69, 9.17) is 10.2 Å². The topological polar surface area (TPSA) is 90.0 Å². The number of thiophene rings is 2. The Bertz CT molecular complexity index is 2350. The van der Waals surface area contributed by atoms with Crippen LogP contribution in [-0.4, -0.2) is 32.5 Å². The molecule has 0 radical (unpaired) electrons. The Morgan fingerprint density at radius 3 is 1.84 bits per heavy atom. The quantitative estimate of drug-likeness (QED) is 0.107. The number of hydrogen-bond acceptors (Lipinski definition) is 6. The average molecular weight is 705 g/mol. The second-order valence-corrected chi connectivity index (χ2v) is 16.7. The second kappa shape index (κ2) is 12.8. The number of hydrogen-bond donors (Lipinski definition) is 1. The number of benzene rings is 2. The molecule has 49 heavy (non-hydrogen) atoms. The Labute approximate surface area is 294 Å². The summed E-state index contributed by atoms with van der Waals surface area (Å²) < 4.78 is 37.6. The van der Waals surface area contributed by atoms with Crippen LogP contribution in [0.2, 0.25) is 0 Å². The van der Waals surface area contributed by atoms with Gasteiger partial charge in [0.25, 0.3) is 0 Å². The minimum absolute atomic E-state index is 0.0181. The van der Waals surface area contributed by atoms with Crippen LogP contribution in [0.5, 0.6) is 0 Å². The van der Waals surface area contributed by atoms with E-state index in [2.05, 4.69) is 103 Å². The fourth-order valence-corrected chi connectivity index (χ4v) is 9.61. The molecule has 2 aliphatic carbocycles. The molecule has 1 N–H and O–H groups in total. The van der Waals surface area contributed by atoms with Crippen molar-refractivity contribution >= 4 is 44.9 Å². The molecule has 248 valence electrons. The van der Waals surface area contributed by atoms with Gasteiger partial charge in [0, 0.05) is 44.8 Å². The van der Waals surface area contributed by atoms with Gasteiger partial charge in [-0.3, -0.25) is 13.9 Å². The monoisotopic (exact) mass is 704 g/mol. The van der Waals surface area contributed by atoms with Crippen LogP contribution < -0.4 is 0 Å². The van der Waals surface area contributed by atoms with Crippen molar-refractivity contribution in [1.82, 2.24) is 19.6 Å². The van der Waals surface area contributed by atoms with E-state index in [9.17, 15) is 13.0 Å². The molecule has 6 aromatic rings. The van der Waals surface area contributed by atoms with Gasteiger partial charge in [0.15, 0.2) is 0 Å². The fraction of sp³-hybridized carbons (Fsp3) is 0.231. The van der Waals surface area contributed by atoms with E-state index in [-0.39, 0.29) is 4.21 Å². The van der Waals surface area contributed by atoms with Gasteiger partial charge in [0.2, 0.25) is 0 Å². The zero-order chi connectivity index (χ0) is 33.7. The predicted octanol–water partition coefficient (Wildman–Crippen LogP) is 9.20. The van der Waals surface area contributed by atoms with Crippen LogP contribution in [0.3, 0.4) is 0 Å². The molecule has 4 aromatic heterocycles. The van der Waals surface area contributed by atoms with Crippen LogP contribution in [-0.2, 0) is 36.0 Å². The number of aromatic nitrogens is 4. The van der Waals surface area contributed by atoms with Crippen LogP contribution >= 0.6 is 22.7 Å². The Morgan fingerprint density at radius 2 is 1.29 bits per heavy atom. The van der Waals surface area contributed by atoms with Gasteiger partial charge in [-0.1, -0.05) is 71.8 Å². The van der Waals surface area contributed by atoms with Gasteiger partial charge in [-0.25, -0.2) is 0 Å². The molecule has 0 saturated heterocycles. The van der Waals surface area contributed by atoms with Crippen molar-refractivity contribution in [2.75, 3.05) is 0 Å². The fourth-order valence-electron chi connectivity index (χ4n) is 6.83. The predicted molar refractivity (Wildman–Crippen MR) is 199 cm³/mol. The van der Waals surface area contributed by atoms with E-state index in [1.54, 1.807) is 6.07 Å². The van der Waals surface area contributed by atoms with E-state index >= 15 is 0 Å². The summed E-state index contributed by atoms with van der Waals surface area (Å²) >= 11 is 2.97. The molecule has 2 aromatic carbocycles. The third kappa shape index (κ3) is 6.30.